The molecule has 0 saturated carbocycles. The molecule has 3 heterocycles. The summed E-state index contributed by atoms with van der Waals surface area (Å²) in [6, 6.07) is 16.0. The zero-order valence-electron chi connectivity index (χ0n) is 19.2. The van der Waals surface area contributed by atoms with Gasteiger partial charge in [0, 0.05) is 37.7 Å². The SMILES string of the molecule is CN1CCN(Cc2ccc(C=NNc3ncnc4c3cnn4-c3cccc(Cl)c3)cc2)CC1.Cl.Cl. The number of fused-ring (bicyclic) bond motifs is 1. The predicted octanol–water partition coefficient (Wildman–Crippen LogP) is 4.51. The first-order chi connectivity index (χ1) is 16.2. The van der Waals surface area contributed by atoms with Crippen LogP contribution in [0.15, 0.2) is 66.2 Å². The number of hydrazone groups is 1. The normalized spacial score (nSPS) is 14.6. The van der Waals surface area contributed by atoms with E-state index >= 15 is 0 Å². The van der Waals surface area contributed by atoms with Crippen LogP contribution in [0, 0.1) is 0 Å². The molecule has 11 heteroatoms. The van der Waals surface area contributed by atoms with Gasteiger partial charge in [0.2, 0.25) is 0 Å². The van der Waals surface area contributed by atoms with Gasteiger partial charge in [-0.15, -0.1) is 24.8 Å². The predicted molar refractivity (Wildman–Crippen MR) is 147 cm³/mol. The molecule has 35 heavy (non-hydrogen) atoms. The summed E-state index contributed by atoms with van der Waals surface area (Å²) >= 11 is 6.13. The zero-order valence-corrected chi connectivity index (χ0v) is 21.6. The van der Waals surface area contributed by atoms with Gasteiger partial charge in [-0.1, -0.05) is 41.9 Å². The van der Waals surface area contributed by atoms with Crippen molar-refractivity contribution in [3.05, 3.63) is 77.2 Å². The Kier molecular flexibility index (Phi) is 9.42. The lowest BCUT2D eigenvalue weighted by molar-refractivity contribution is 0.148. The van der Waals surface area contributed by atoms with E-state index in [9.17, 15) is 0 Å². The molecule has 1 N–H and O–H groups in total. The smallest absolute Gasteiger partial charge is 0.168 e. The Hall–Kier alpha value is -2.75. The number of hydrogen-bond acceptors (Lipinski definition) is 7. The van der Waals surface area contributed by atoms with Crippen molar-refractivity contribution >= 4 is 59.5 Å². The summed E-state index contributed by atoms with van der Waals surface area (Å²) in [7, 11) is 2.18. The van der Waals surface area contributed by atoms with Gasteiger partial charge < -0.3 is 4.90 Å². The molecule has 2 aromatic heterocycles. The summed E-state index contributed by atoms with van der Waals surface area (Å²) in [6.07, 6.45) is 5.01. The molecular weight excluding hydrogens is 507 g/mol. The van der Waals surface area contributed by atoms with Crippen molar-refractivity contribution < 1.29 is 0 Å². The third-order valence-electron chi connectivity index (χ3n) is 5.78. The zero-order chi connectivity index (χ0) is 22.6. The minimum atomic E-state index is 0. The Morgan fingerprint density at radius 3 is 2.54 bits per heavy atom. The molecular formula is C24H27Cl3N8. The Bertz CT molecular complexity index is 1270. The molecule has 184 valence electrons. The molecule has 2 aromatic carbocycles. The van der Waals surface area contributed by atoms with Gasteiger partial charge >= 0.3 is 0 Å². The number of piperazine rings is 1. The van der Waals surface area contributed by atoms with E-state index in [1.165, 1.54) is 11.9 Å². The lowest BCUT2D eigenvalue weighted by Gasteiger charge is -2.32. The first-order valence-electron chi connectivity index (χ1n) is 10.9. The maximum absolute atomic E-state index is 6.13. The molecule has 0 unspecified atom stereocenters. The van der Waals surface area contributed by atoms with Crippen molar-refractivity contribution in [2.24, 2.45) is 5.10 Å². The first-order valence-corrected chi connectivity index (χ1v) is 11.3. The van der Waals surface area contributed by atoms with Gasteiger partial charge in [-0.25, -0.2) is 14.6 Å². The number of likely N-dealkylation sites (N-methyl/N-ethyl adjacent to an activating group) is 1. The van der Waals surface area contributed by atoms with Gasteiger partial charge in [0.1, 0.15) is 6.33 Å². The van der Waals surface area contributed by atoms with Gasteiger partial charge in [0.15, 0.2) is 11.5 Å². The molecule has 1 aliphatic heterocycles. The lowest BCUT2D eigenvalue weighted by atomic mass is 10.1. The van der Waals surface area contributed by atoms with Crippen LogP contribution in [0.2, 0.25) is 5.02 Å². The first kappa shape index (κ1) is 26.8. The minimum Gasteiger partial charge on any atom is -0.304 e. The molecule has 4 aromatic rings. The molecule has 0 bridgehead atoms. The molecule has 0 spiro atoms. The van der Waals surface area contributed by atoms with E-state index in [0.717, 1.165) is 49.4 Å². The fourth-order valence-electron chi connectivity index (χ4n) is 3.87. The summed E-state index contributed by atoms with van der Waals surface area (Å²) < 4.78 is 1.73. The van der Waals surface area contributed by atoms with Gasteiger partial charge in [0.25, 0.3) is 0 Å². The van der Waals surface area contributed by atoms with E-state index in [4.69, 9.17) is 11.6 Å². The Morgan fingerprint density at radius 2 is 1.80 bits per heavy atom. The summed E-state index contributed by atoms with van der Waals surface area (Å²) in [5, 5.41) is 10.2. The highest BCUT2D eigenvalue weighted by Crippen LogP contribution is 2.23. The van der Waals surface area contributed by atoms with Gasteiger partial charge in [-0.05, 0) is 36.4 Å². The largest absolute Gasteiger partial charge is 0.304 e. The van der Waals surface area contributed by atoms with E-state index in [2.05, 4.69) is 66.7 Å². The van der Waals surface area contributed by atoms with E-state index in [0.29, 0.717) is 16.5 Å². The number of benzene rings is 2. The summed E-state index contributed by atoms with van der Waals surface area (Å²) in [5.74, 6) is 0.594. The molecule has 1 aliphatic rings. The van der Waals surface area contributed by atoms with Gasteiger partial charge in [0.05, 0.1) is 23.5 Å². The third-order valence-corrected chi connectivity index (χ3v) is 6.02. The second-order valence-electron chi connectivity index (χ2n) is 8.19. The fourth-order valence-corrected chi connectivity index (χ4v) is 4.06. The molecule has 1 saturated heterocycles. The molecule has 0 radical (unpaired) electrons. The number of nitrogens with zero attached hydrogens (tertiary/aromatic N) is 7. The maximum atomic E-state index is 6.13. The van der Waals surface area contributed by atoms with Crippen LogP contribution in [-0.2, 0) is 6.54 Å². The van der Waals surface area contributed by atoms with E-state index in [1.807, 2.05) is 24.3 Å². The number of aromatic nitrogens is 4. The maximum Gasteiger partial charge on any atom is 0.168 e. The van der Waals surface area contributed by atoms with Crippen molar-refractivity contribution in [3.63, 3.8) is 0 Å². The molecule has 0 atom stereocenters. The molecule has 0 amide bonds. The molecule has 5 rings (SSSR count). The Morgan fingerprint density at radius 1 is 1.03 bits per heavy atom. The highest BCUT2D eigenvalue weighted by Gasteiger charge is 2.14. The van der Waals surface area contributed by atoms with Crippen LogP contribution in [0.4, 0.5) is 5.82 Å². The van der Waals surface area contributed by atoms with Crippen LogP contribution < -0.4 is 5.43 Å². The average molecular weight is 534 g/mol. The van der Waals surface area contributed by atoms with Crippen LogP contribution in [0.25, 0.3) is 16.7 Å². The second kappa shape index (κ2) is 12.3. The van der Waals surface area contributed by atoms with Crippen molar-refractivity contribution in [2.75, 3.05) is 38.7 Å². The highest BCUT2D eigenvalue weighted by atomic mass is 35.5. The topological polar surface area (TPSA) is 74.5 Å². The number of halogens is 3. The van der Waals surface area contributed by atoms with Crippen molar-refractivity contribution in [1.82, 2.24) is 29.5 Å². The van der Waals surface area contributed by atoms with Crippen LogP contribution >= 0.6 is 36.4 Å². The van der Waals surface area contributed by atoms with Crippen molar-refractivity contribution in [1.29, 1.82) is 0 Å². The summed E-state index contributed by atoms with van der Waals surface area (Å²) in [6.45, 7) is 5.48. The number of nitrogens with one attached hydrogen (secondary N) is 1. The van der Waals surface area contributed by atoms with Crippen molar-refractivity contribution in [3.8, 4) is 5.69 Å². The van der Waals surface area contributed by atoms with Gasteiger partial charge in [-0.2, -0.15) is 10.2 Å². The van der Waals surface area contributed by atoms with Crippen LogP contribution in [0.3, 0.4) is 0 Å². The Labute approximate surface area is 221 Å². The lowest BCUT2D eigenvalue weighted by Crippen LogP contribution is -2.43. The quantitative estimate of drug-likeness (QED) is 0.290. The molecule has 8 nitrogen and oxygen atoms in total. The van der Waals surface area contributed by atoms with Gasteiger partial charge in [-0.3, -0.25) is 10.3 Å². The van der Waals surface area contributed by atoms with E-state index in [1.54, 1.807) is 17.1 Å². The summed E-state index contributed by atoms with van der Waals surface area (Å²) in [5.41, 5.74) is 6.87. The number of rotatable bonds is 6. The fraction of sp³-hybridized carbons (Fsp3) is 0.250. The second-order valence-corrected chi connectivity index (χ2v) is 8.62. The van der Waals surface area contributed by atoms with Crippen LogP contribution in [0.5, 0.6) is 0 Å². The van der Waals surface area contributed by atoms with Crippen molar-refractivity contribution in [2.45, 2.75) is 6.54 Å². The average Bonchev–Trinajstić information content (AvgIpc) is 3.27. The Balaban J connectivity index is 0.00000171. The standard InChI is InChI=1S/C24H25ClN8.2ClH/c1-31-9-11-32(12-10-31)16-19-7-5-18(6-8-19)14-28-30-23-22-15-29-33(24(22)27-17-26-23)21-4-2-3-20(25)13-21;;/h2-8,13-15,17H,9-12,16H2,1H3,(H,26,27,30);2*1H. The monoisotopic (exact) mass is 532 g/mol. The highest BCUT2D eigenvalue weighted by molar-refractivity contribution is 6.30. The minimum absolute atomic E-state index is 0. The summed E-state index contributed by atoms with van der Waals surface area (Å²) in [4.78, 5) is 13.6. The number of anilines is 1. The van der Waals surface area contributed by atoms with Crippen LogP contribution in [-0.4, -0.2) is 69.0 Å². The molecule has 0 aliphatic carbocycles. The van der Waals surface area contributed by atoms with E-state index in [-0.39, 0.29) is 24.8 Å². The van der Waals surface area contributed by atoms with E-state index < -0.39 is 0 Å². The number of hydrogen-bond donors (Lipinski definition) is 1. The third kappa shape index (κ3) is 6.48. The molecule has 1 fully saturated rings. The van der Waals surface area contributed by atoms with Crippen LogP contribution in [0.1, 0.15) is 11.1 Å².